The number of nitrogens with two attached hydrogens (primary N) is 1. The van der Waals surface area contributed by atoms with Gasteiger partial charge in [0.1, 0.15) is 5.75 Å². The van der Waals surface area contributed by atoms with Crippen LogP contribution in [-0.2, 0) is 10.0 Å². The quantitative estimate of drug-likeness (QED) is 0.611. The lowest BCUT2D eigenvalue weighted by atomic mass is 10.1. The van der Waals surface area contributed by atoms with Crippen molar-refractivity contribution in [2.24, 2.45) is 0 Å². The zero-order valence-electron chi connectivity index (χ0n) is 11.5. The largest absolute Gasteiger partial charge is 0.495 e. The average molecular weight is 301 g/mol. The summed E-state index contributed by atoms with van der Waals surface area (Å²) in [7, 11) is -1.90. The molecule has 1 amide bonds. The lowest BCUT2D eigenvalue weighted by molar-refractivity contribution is 0.0956. The van der Waals surface area contributed by atoms with Crippen LogP contribution in [0.4, 0.5) is 5.69 Å². The highest BCUT2D eigenvalue weighted by molar-refractivity contribution is 7.89. The maximum Gasteiger partial charge on any atom is 0.253 e. The van der Waals surface area contributed by atoms with Gasteiger partial charge in [0.25, 0.3) is 5.91 Å². The first-order valence-electron chi connectivity index (χ1n) is 6.09. The van der Waals surface area contributed by atoms with Gasteiger partial charge in [-0.05, 0) is 12.1 Å². The number of rotatable bonds is 7. The molecule has 1 rings (SSSR count). The molecule has 1 aromatic carbocycles. The van der Waals surface area contributed by atoms with Crippen molar-refractivity contribution in [3.63, 3.8) is 0 Å². The van der Waals surface area contributed by atoms with Crippen molar-refractivity contribution in [2.75, 3.05) is 31.7 Å². The van der Waals surface area contributed by atoms with Crippen molar-refractivity contribution in [3.05, 3.63) is 23.8 Å². The minimum absolute atomic E-state index is 0.00478. The SMILES string of the molecule is CCNS(=O)(=O)CCNC(=O)c1cccc(OC)c1N. The van der Waals surface area contributed by atoms with Crippen molar-refractivity contribution < 1.29 is 17.9 Å². The summed E-state index contributed by atoms with van der Waals surface area (Å²) in [6, 6.07) is 4.83. The van der Waals surface area contributed by atoms with E-state index in [4.69, 9.17) is 10.5 Å². The number of methoxy groups -OCH3 is 1. The molecule has 0 saturated heterocycles. The molecule has 112 valence electrons. The highest BCUT2D eigenvalue weighted by Crippen LogP contribution is 2.24. The molecule has 7 nitrogen and oxygen atoms in total. The molecule has 0 saturated carbocycles. The standard InChI is InChI=1S/C12H19N3O4S/c1-3-15-20(17,18)8-7-14-12(16)9-5-4-6-10(19-2)11(9)13/h4-6,15H,3,7-8,13H2,1-2H3,(H,14,16). The van der Waals surface area contributed by atoms with Crippen LogP contribution in [0.5, 0.6) is 5.75 Å². The van der Waals surface area contributed by atoms with Crippen LogP contribution in [0.1, 0.15) is 17.3 Å². The van der Waals surface area contributed by atoms with Crippen LogP contribution in [0, 0.1) is 0 Å². The molecule has 0 fully saturated rings. The summed E-state index contributed by atoms with van der Waals surface area (Å²) in [5.74, 6) is -0.220. The number of nitrogen functional groups attached to an aromatic ring is 1. The minimum atomic E-state index is -3.35. The summed E-state index contributed by atoms with van der Waals surface area (Å²) >= 11 is 0. The van der Waals surface area contributed by atoms with Gasteiger partial charge in [0, 0.05) is 13.1 Å². The first-order valence-corrected chi connectivity index (χ1v) is 7.74. The van der Waals surface area contributed by atoms with Crippen LogP contribution in [0.15, 0.2) is 18.2 Å². The Morgan fingerprint density at radius 1 is 1.40 bits per heavy atom. The summed E-state index contributed by atoms with van der Waals surface area (Å²) in [5, 5.41) is 2.51. The molecule has 0 unspecified atom stereocenters. The third-order valence-electron chi connectivity index (χ3n) is 2.55. The van der Waals surface area contributed by atoms with Gasteiger partial charge in [0.15, 0.2) is 0 Å². The van der Waals surface area contributed by atoms with Crippen molar-refractivity contribution >= 4 is 21.6 Å². The number of nitrogens with one attached hydrogen (secondary N) is 2. The Balaban J connectivity index is 2.65. The number of hydrogen-bond acceptors (Lipinski definition) is 5. The number of benzene rings is 1. The van der Waals surface area contributed by atoms with Crippen molar-refractivity contribution in [1.82, 2.24) is 10.0 Å². The molecule has 0 aromatic heterocycles. The Labute approximate surface area is 118 Å². The zero-order valence-corrected chi connectivity index (χ0v) is 12.3. The number of anilines is 1. The van der Waals surface area contributed by atoms with E-state index < -0.39 is 15.9 Å². The van der Waals surface area contributed by atoms with Gasteiger partial charge in [-0.3, -0.25) is 4.79 Å². The van der Waals surface area contributed by atoms with Crippen LogP contribution in [-0.4, -0.2) is 40.3 Å². The van der Waals surface area contributed by atoms with E-state index in [1.807, 2.05) is 0 Å². The maximum absolute atomic E-state index is 11.9. The molecule has 0 spiro atoms. The molecule has 0 bridgehead atoms. The second-order valence-corrected chi connectivity index (χ2v) is 5.92. The van der Waals surface area contributed by atoms with Gasteiger partial charge in [-0.1, -0.05) is 13.0 Å². The number of amides is 1. The normalized spacial score (nSPS) is 11.1. The highest BCUT2D eigenvalue weighted by atomic mass is 32.2. The Morgan fingerprint density at radius 3 is 2.70 bits per heavy atom. The van der Waals surface area contributed by atoms with Gasteiger partial charge in [-0.25, -0.2) is 13.1 Å². The summed E-state index contributed by atoms with van der Waals surface area (Å²) in [4.78, 5) is 11.9. The Hall–Kier alpha value is -1.80. The van der Waals surface area contributed by atoms with Crippen LogP contribution in [0.25, 0.3) is 0 Å². The molecular weight excluding hydrogens is 282 g/mol. The van der Waals surface area contributed by atoms with Crippen LogP contribution in [0.3, 0.4) is 0 Å². The van der Waals surface area contributed by atoms with Gasteiger partial charge in [-0.15, -0.1) is 0 Å². The van der Waals surface area contributed by atoms with Crippen LogP contribution < -0.4 is 20.5 Å². The molecule has 1 aromatic rings. The van der Waals surface area contributed by atoms with Crippen LogP contribution in [0.2, 0.25) is 0 Å². The number of hydrogen-bond donors (Lipinski definition) is 3. The highest BCUT2D eigenvalue weighted by Gasteiger charge is 2.14. The number of carbonyl (C=O) groups is 1. The fraction of sp³-hybridized carbons (Fsp3) is 0.417. The third-order valence-corrected chi connectivity index (χ3v) is 4.02. The molecule has 0 atom stereocenters. The number of sulfonamides is 1. The molecule has 8 heteroatoms. The Bertz CT molecular complexity index is 572. The van der Waals surface area contributed by atoms with Gasteiger partial charge in [-0.2, -0.15) is 0 Å². The van der Waals surface area contributed by atoms with Crippen molar-refractivity contribution in [1.29, 1.82) is 0 Å². The second-order valence-electron chi connectivity index (χ2n) is 3.99. The van der Waals surface area contributed by atoms with E-state index in [1.54, 1.807) is 25.1 Å². The van der Waals surface area contributed by atoms with E-state index >= 15 is 0 Å². The van der Waals surface area contributed by atoms with Gasteiger partial charge in [0.05, 0.1) is 24.1 Å². The molecular formula is C12H19N3O4S. The fourth-order valence-corrected chi connectivity index (χ4v) is 2.56. The van der Waals surface area contributed by atoms with Crippen LogP contribution >= 0.6 is 0 Å². The minimum Gasteiger partial charge on any atom is -0.495 e. The van der Waals surface area contributed by atoms with E-state index in [1.165, 1.54) is 7.11 Å². The van der Waals surface area contributed by atoms with E-state index in [-0.39, 0.29) is 23.5 Å². The van der Waals surface area contributed by atoms with Crippen molar-refractivity contribution in [3.8, 4) is 5.75 Å². The topological polar surface area (TPSA) is 111 Å². The van der Waals surface area contributed by atoms with E-state index in [0.29, 0.717) is 12.3 Å². The maximum atomic E-state index is 11.9. The first kappa shape index (κ1) is 16.3. The Kier molecular flexibility index (Phi) is 5.78. The summed E-state index contributed by atoms with van der Waals surface area (Å²) < 4.78 is 30.2. The second kappa shape index (κ2) is 7.11. The van der Waals surface area contributed by atoms with E-state index in [9.17, 15) is 13.2 Å². The average Bonchev–Trinajstić information content (AvgIpc) is 2.38. The number of carbonyl (C=O) groups excluding carboxylic acids is 1. The molecule has 0 aliphatic rings. The molecule has 20 heavy (non-hydrogen) atoms. The third kappa shape index (κ3) is 4.39. The number of para-hydroxylation sites is 1. The molecule has 0 radical (unpaired) electrons. The summed E-state index contributed by atoms with van der Waals surface area (Å²) in [5.41, 5.74) is 6.26. The first-order chi connectivity index (χ1) is 9.41. The zero-order chi connectivity index (χ0) is 15.2. The van der Waals surface area contributed by atoms with Gasteiger partial charge in [0.2, 0.25) is 10.0 Å². The van der Waals surface area contributed by atoms with Gasteiger partial charge < -0.3 is 15.8 Å². The Morgan fingerprint density at radius 2 is 2.10 bits per heavy atom. The lowest BCUT2D eigenvalue weighted by Crippen LogP contribution is -2.34. The van der Waals surface area contributed by atoms with E-state index in [0.717, 1.165) is 0 Å². The summed E-state index contributed by atoms with van der Waals surface area (Å²) in [6.45, 7) is 2.01. The number of ether oxygens (including phenoxy) is 1. The van der Waals surface area contributed by atoms with Gasteiger partial charge >= 0.3 is 0 Å². The van der Waals surface area contributed by atoms with Crippen molar-refractivity contribution in [2.45, 2.75) is 6.92 Å². The lowest BCUT2D eigenvalue weighted by Gasteiger charge is -2.10. The molecule has 0 heterocycles. The monoisotopic (exact) mass is 301 g/mol. The predicted octanol–water partition coefficient (Wildman–Crippen LogP) is -0.0535. The summed E-state index contributed by atoms with van der Waals surface area (Å²) in [6.07, 6.45) is 0. The smallest absolute Gasteiger partial charge is 0.253 e. The molecule has 4 N–H and O–H groups in total. The predicted molar refractivity (Wildman–Crippen MR) is 77.2 cm³/mol. The fourth-order valence-electron chi connectivity index (χ4n) is 1.61. The van der Waals surface area contributed by atoms with E-state index in [2.05, 4.69) is 10.0 Å². The molecule has 0 aliphatic carbocycles. The molecule has 0 aliphatic heterocycles.